The van der Waals surface area contributed by atoms with Crippen LogP contribution < -0.4 is 5.32 Å². The number of anilines is 1. The van der Waals surface area contributed by atoms with Gasteiger partial charge in [0, 0.05) is 19.5 Å². The average molecular weight is 235 g/mol. The van der Waals surface area contributed by atoms with E-state index < -0.39 is 17.8 Å². The maximum absolute atomic E-state index is 11.1. The van der Waals surface area contributed by atoms with E-state index in [0.717, 1.165) is 11.3 Å². The molecule has 17 heavy (non-hydrogen) atoms. The van der Waals surface area contributed by atoms with Crippen molar-refractivity contribution in [2.75, 3.05) is 5.32 Å². The monoisotopic (exact) mass is 235 g/mol. The lowest BCUT2D eigenvalue weighted by Crippen LogP contribution is -2.45. The third-order valence-corrected chi connectivity index (χ3v) is 2.38. The van der Waals surface area contributed by atoms with Crippen molar-refractivity contribution < 1.29 is 19.1 Å². The van der Waals surface area contributed by atoms with Gasteiger partial charge in [-0.2, -0.15) is 0 Å². The number of carbonyl (C=O) groups is 2. The van der Waals surface area contributed by atoms with Crippen LogP contribution >= 0.6 is 0 Å². The van der Waals surface area contributed by atoms with Gasteiger partial charge in [-0.05, 0) is 11.6 Å². The van der Waals surface area contributed by atoms with Gasteiger partial charge in [0.15, 0.2) is 0 Å². The Bertz CT molecular complexity index is 426. The van der Waals surface area contributed by atoms with Crippen molar-refractivity contribution in [1.29, 1.82) is 0 Å². The molecule has 1 aromatic rings. The Hall–Kier alpha value is -2.04. The quantitative estimate of drug-likeness (QED) is 0.620. The first-order chi connectivity index (χ1) is 8.01. The van der Waals surface area contributed by atoms with Crippen LogP contribution in [0.3, 0.4) is 0 Å². The third kappa shape index (κ3) is 2.38. The number of benzene rings is 1. The number of rotatable bonds is 2. The highest BCUT2D eigenvalue weighted by atomic mass is 16.7. The van der Waals surface area contributed by atoms with E-state index in [1.807, 2.05) is 24.3 Å². The van der Waals surface area contributed by atoms with Gasteiger partial charge in [0.2, 0.25) is 0 Å². The molecule has 1 aromatic carbocycles. The highest BCUT2D eigenvalue weighted by Gasteiger charge is 2.43. The molecular formula is C12H13NO4. The average Bonchev–Trinajstić information content (AvgIpc) is 2.52. The highest BCUT2D eigenvalue weighted by Crippen LogP contribution is 2.34. The minimum absolute atomic E-state index is 0.308. The number of nitrogens with one attached hydrogen (secondary N) is 1. The summed E-state index contributed by atoms with van der Waals surface area (Å²) in [6.45, 7) is 2.55. The fourth-order valence-corrected chi connectivity index (χ4v) is 1.90. The molecule has 0 bridgehead atoms. The van der Waals surface area contributed by atoms with Crippen LogP contribution in [0, 0.1) is 0 Å². The molecule has 0 radical (unpaired) electrons. The van der Waals surface area contributed by atoms with Gasteiger partial charge in [-0.3, -0.25) is 9.59 Å². The van der Waals surface area contributed by atoms with Crippen LogP contribution in [0.5, 0.6) is 0 Å². The summed E-state index contributed by atoms with van der Waals surface area (Å²) >= 11 is 0. The summed E-state index contributed by atoms with van der Waals surface area (Å²) in [5.74, 6) is -2.42. The second-order valence-corrected chi connectivity index (χ2v) is 3.90. The lowest BCUT2D eigenvalue weighted by atomic mass is 10.1. The van der Waals surface area contributed by atoms with E-state index in [1.54, 1.807) is 0 Å². The smallest absolute Gasteiger partial charge is 0.344 e. The first-order valence-corrected chi connectivity index (χ1v) is 5.26. The van der Waals surface area contributed by atoms with Crippen LogP contribution in [0.4, 0.5) is 5.69 Å². The van der Waals surface area contributed by atoms with E-state index in [0.29, 0.717) is 6.42 Å². The zero-order valence-corrected chi connectivity index (χ0v) is 9.65. The Morgan fingerprint density at radius 2 is 1.76 bits per heavy atom. The zero-order valence-electron chi connectivity index (χ0n) is 9.65. The molecule has 1 heterocycles. The SMILES string of the molecule is CC(=O)OC1(OC(C)=O)Cc2ccccc2N1. The van der Waals surface area contributed by atoms with Gasteiger partial charge >= 0.3 is 17.8 Å². The van der Waals surface area contributed by atoms with E-state index in [2.05, 4.69) is 5.32 Å². The zero-order chi connectivity index (χ0) is 12.5. The summed E-state index contributed by atoms with van der Waals surface area (Å²) in [5.41, 5.74) is 1.74. The van der Waals surface area contributed by atoms with Gasteiger partial charge in [-0.1, -0.05) is 18.2 Å². The Morgan fingerprint density at radius 1 is 1.18 bits per heavy atom. The predicted octanol–water partition coefficient (Wildman–Crippen LogP) is 1.43. The Labute approximate surface area is 98.7 Å². The number of hydrogen-bond acceptors (Lipinski definition) is 5. The molecule has 0 saturated carbocycles. The molecule has 0 saturated heterocycles. The van der Waals surface area contributed by atoms with Crippen molar-refractivity contribution in [2.24, 2.45) is 0 Å². The van der Waals surface area contributed by atoms with Crippen molar-refractivity contribution in [3.63, 3.8) is 0 Å². The summed E-state index contributed by atoms with van der Waals surface area (Å²) < 4.78 is 10.2. The van der Waals surface area contributed by atoms with Crippen molar-refractivity contribution in [2.45, 2.75) is 26.2 Å². The van der Waals surface area contributed by atoms with E-state index in [1.165, 1.54) is 13.8 Å². The number of fused-ring (bicyclic) bond motifs is 1. The van der Waals surface area contributed by atoms with E-state index in [4.69, 9.17) is 9.47 Å². The molecule has 0 fully saturated rings. The number of hydrogen-bond donors (Lipinski definition) is 1. The molecule has 5 heteroatoms. The summed E-state index contributed by atoms with van der Waals surface area (Å²) in [5, 5.41) is 2.92. The number of para-hydroxylation sites is 1. The molecule has 1 N–H and O–H groups in total. The van der Waals surface area contributed by atoms with Crippen LogP contribution in [-0.2, 0) is 25.5 Å². The minimum atomic E-state index is -1.40. The van der Waals surface area contributed by atoms with Crippen LogP contribution in [0.2, 0.25) is 0 Å². The standard InChI is InChI=1S/C12H13NO4/c1-8(14)16-12(17-9(2)15)7-10-5-3-4-6-11(10)13-12/h3-6,13H,7H2,1-2H3. The third-order valence-electron chi connectivity index (χ3n) is 2.38. The molecule has 0 aliphatic carbocycles. The van der Waals surface area contributed by atoms with E-state index in [9.17, 15) is 9.59 Å². The van der Waals surface area contributed by atoms with Crippen molar-refractivity contribution in [1.82, 2.24) is 0 Å². The van der Waals surface area contributed by atoms with Crippen LogP contribution in [0.1, 0.15) is 19.4 Å². The Morgan fingerprint density at radius 3 is 2.29 bits per heavy atom. The lowest BCUT2D eigenvalue weighted by Gasteiger charge is -2.27. The molecular weight excluding hydrogens is 222 g/mol. The van der Waals surface area contributed by atoms with E-state index in [-0.39, 0.29) is 0 Å². The van der Waals surface area contributed by atoms with Gasteiger partial charge in [0.1, 0.15) is 0 Å². The molecule has 5 nitrogen and oxygen atoms in total. The molecule has 90 valence electrons. The molecule has 1 aliphatic heterocycles. The minimum Gasteiger partial charge on any atom is -0.403 e. The van der Waals surface area contributed by atoms with Gasteiger partial charge in [0.05, 0.1) is 6.42 Å². The number of carbonyl (C=O) groups excluding carboxylic acids is 2. The topological polar surface area (TPSA) is 64.6 Å². The van der Waals surface area contributed by atoms with Gasteiger partial charge < -0.3 is 14.8 Å². The highest BCUT2D eigenvalue weighted by molar-refractivity contribution is 5.71. The normalized spacial score (nSPS) is 15.6. The second-order valence-electron chi connectivity index (χ2n) is 3.90. The van der Waals surface area contributed by atoms with Crippen LogP contribution in [0.25, 0.3) is 0 Å². The Balaban J connectivity index is 2.27. The van der Waals surface area contributed by atoms with Gasteiger partial charge in [-0.15, -0.1) is 0 Å². The van der Waals surface area contributed by atoms with Crippen LogP contribution in [-0.4, -0.2) is 17.8 Å². The fraction of sp³-hybridized carbons (Fsp3) is 0.333. The molecule has 2 rings (SSSR count). The first-order valence-electron chi connectivity index (χ1n) is 5.26. The molecule has 0 atom stereocenters. The van der Waals surface area contributed by atoms with E-state index >= 15 is 0 Å². The molecule has 1 aliphatic rings. The summed E-state index contributed by atoms with van der Waals surface area (Å²) in [7, 11) is 0. The summed E-state index contributed by atoms with van der Waals surface area (Å²) in [6.07, 6.45) is 0.308. The Kier molecular flexibility index (Phi) is 2.75. The predicted molar refractivity (Wildman–Crippen MR) is 60.0 cm³/mol. The largest absolute Gasteiger partial charge is 0.403 e. The van der Waals surface area contributed by atoms with Crippen molar-refractivity contribution in [3.8, 4) is 0 Å². The second kappa shape index (κ2) is 4.08. The van der Waals surface area contributed by atoms with Gasteiger partial charge in [0.25, 0.3) is 0 Å². The van der Waals surface area contributed by atoms with Crippen LogP contribution in [0.15, 0.2) is 24.3 Å². The lowest BCUT2D eigenvalue weighted by molar-refractivity contribution is -0.213. The summed E-state index contributed by atoms with van der Waals surface area (Å²) in [6, 6.07) is 7.45. The number of ether oxygens (including phenoxy) is 2. The first kappa shape index (κ1) is 11.4. The summed E-state index contributed by atoms with van der Waals surface area (Å²) in [4.78, 5) is 22.2. The molecule has 0 unspecified atom stereocenters. The maximum Gasteiger partial charge on any atom is 0.344 e. The van der Waals surface area contributed by atoms with Gasteiger partial charge in [-0.25, -0.2) is 0 Å². The van der Waals surface area contributed by atoms with Crippen molar-refractivity contribution >= 4 is 17.6 Å². The fourth-order valence-electron chi connectivity index (χ4n) is 1.90. The molecule has 0 aromatic heterocycles. The maximum atomic E-state index is 11.1. The molecule has 0 spiro atoms. The van der Waals surface area contributed by atoms with Crippen molar-refractivity contribution in [3.05, 3.63) is 29.8 Å². The molecule has 0 amide bonds. The number of esters is 2.